The number of nitrogens with one attached hydrogen (secondary N) is 1. The quantitative estimate of drug-likeness (QED) is 0.581. The molecular formula is C24H18F2N2O4. The van der Waals surface area contributed by atoms with E-state index in [1.807, 2.05) is 0 Å². The minimum atomic E-state index is -0.636. The smallest absolute Gasteiger partial charge is 0.282 e. The number of rotatable bonds is 6. The van der Waals surface area contributed by atoms with Crippen LogP contribution in [0.4, 0.5) is 20.2 Å². The fourth-order valence-electron chi connectivity index (χ4n) is 3.38. The van der Waals surface area contributed by atoms with Crippen molar-refractivity contribution >= 4 is 28.8 Å². The molecule has 162 valence electrons. The highest BCUT2D eigenvalue weighted by atomic mass is 19.1. The molecule has 3 aromatic rings. The van der Waals surface area contributed by atoms with Gasteiger partial charge in [-0.2, -0.15) is 0 Å². The van der Waals surface area contributed by atoms with E-state index in [0.717, 1.165) is 17.0 Å². The molecule has 0 radical (unpaired) electrons. The lowest BCUT2D eigenvalue weighted by Gasteiger charge is -2.15. The predicted octanol–water partition coefficient (Wildman–Crippen LogP) is 4.38. The third kappa shape index (κ3) is 3.90. The van der Waals surface area contributed by atoms with Gasteiger partial charge in [-0.05, 0) is 42.0 Å². The summed E-state index contributed by atoms with van der Waals surface area (Å²) in [7, 11) is 2.98. The van der Waals surface area contributed by atoms with Gasteiger partial charge in [-0.25, -0.2) is 13.7 Å². The molecule has 0 saturated carbocycles. The van der Waals surface area contributed by atoms with Crippen LogP contribution < -0.4 is 19.7 Å². The maximum atomic E-state index is 13.5. The highest BCUT2D eigenvalue weighted by Crippen LogP contribution is 2.35. The molecule has 1 aliphatic heterocycles. The molecule has 0 aromatic heterocycles. The van der Waals surface area contributed by atoms with Crippen LogP contribution in [0.25, 0.3) is 5.57 Å². The van der Waals surface area contributed by atoms with Crippen molar-refractivity contribution in [3.63, 3.8) is 0 Å². The van der Waals surface area contributed by atoms with Crippen molar-refractivity contribution in [1.29, 1.82) is 0 Å². The van der Waals surface area contributed by atoms with E-state index < -0.39 is 23.4 Å². The molecule has 4 rings (SSSR count). The van der Waals surface area contributed by atoms with Gasteiger partial charge < -0.3 is 14.8 Å². The maximum absolute atomic E-state index is 13.5. The largest absolute Gasteiger partial charge is 0.497 e. The standard InChI is InChI=1S/C24H18F2N2O4/c1-31-19-11-17(12-20(13-19)32-2)27-22-21(14-3-5-15(25)6-4-14)23(29)28(24(22)30)18-9-7-16(26)8-10-18/h3-13,27H,1-2H3. The molecule has 2 amide bonds. The van der Waals surface area contributed by atoms with E-state index in [9.17, 15) is 18.4 Å². The third-order valence-electron chi connectivity index (χ3n) is 4.92. The van der Waals surface area contributed by atoms with Crippen molar-refractivity contribution in [3.05, 3.63) is 89.6 Å². The number of hydrogen-bond acceptors (Lipinski definition) is 5. The van der Waals surface area contributed by atoms with Gasteiger partial charge in [-0.15, -0.1) is 0 Å². The molecule has 0 spiro atoms. The van der Waals surface area contributed by atoms with E-state index in [1.54, 1.807) is 18.2 Å². The van der Waals surface area contributed by atoms with Gasteiger partial charge in [0.25, 0.3) is 11.8 Å². The van der Waals surface area contributed by atoms with Crippen molar-refractivity contribution < 1.29 is 27.8 Å². The monoisotopic (exact) mass is 436 g/mol. The van der Waals surface area contributed by atoms with Crippen LogP contribution in [-0.2, 0) is 9.59 Å². The van der Waals surface area contributed by atoms with Gasteiger partial charge in [0.05, 0.1) is 25.5 Å². The van der Waals surface area contributed by atoms with Gasteiger partial charge in [0.2, 0.25) is 0 Å². The zero-order valence-electron chi connectivity index (χ0n) is 17.2. The molecule has 3 aromatic carbocycles. The van der Waals surface area contributed by atoms with Crippen molar-refractivity contribution in [2.24, 2.45) is 0 Å². The Kier molecular flexibility index (Phi) is 5.59. The van der Waals surface area contributed by atoms with Gasteiger partial charge >= 0.3 is 0 Å². The topological polar surface area (TPSA) is 67.9 Å². The first kappa shape index (κ1) is 21.0. The van der Waals surface area contributed by atoms with E-state index in [0.29, 0.717) is 22.7 Å². The van der Waals surface area contributed by atoms with Crippen molar-refractivity contribution in [2.75, 3.05) is 24.4 Å². The Hall–Kier alpha value is -4.20. The minimum absolute atomic E-state index is 0.0127. The first-order valence-electron chi connectivity index (χ1n) is 9.56. The molecule has 0 saturated heterocycles. The Labute approximate surface area is 182 Å². The second-order valence-electron chi connectivity index (χ2n) is 6.91. The molecule has 6 nitrogen and oxygen atoms in total. The Bertz CT molecular complexity index is 1200. The predicted molar refractivity (Wildman–Crippen MR) is 115 cm³/mol. The van der Waals surface area contributed by atoms with Crippen molar-refractivity contribution in [2.45, 2.75) is 0 Å². The molecule has 0 bridgehead atoms. The zero-order chi connectivity index (χ0) is 22.8. The second kappa shape index (κ2) is 8.50. The summed E-state index contributed by atoms with van der Waals surface area (Å²) >= 11 is 0. The van der Waals surface area contributed by atoms with Gasteiger partial charge in [0.1, 0.15) is 28.8 Å². The number of carbonyl (C=O) groups is 2. The number of benzene rings is 3. The van der Waals surface area contributed by atoms with Gasteiger partial charge in [0, 0.05) is 23.9 Å². The van der Waals surface area contributed by atoms with E-state index in [-0.39, 0.29) is 17.0 Å². The summed E-state index contributed by atoms with van der Waals surface area (Å²) in [4.78, 5) is 27.6. The Morgan fingerprint density at radius 2 is 1.28 bits per heavy atom. The fraction of sp³-hybridized carbons (Fsp3) is 0.0833. The number of amides is 2. The number of anilines is 2. The average Bonchev–Trinajstić information content (AvgIpc) is 3.04. The normalized spacial score (nSPS) is 13.6. The summed E-state index contributed by atoms with van der Waals surface area (Å²) in [6.45, 7) is 0. The highest BCUT2D eigenvalue weighted by molar-refractivity contribution is 6.46. The summed E-state index contributed by atoms with van der Waals surface area (Å²) in [6.07, 6.45) is 0. The molecule has 1 N–H and O–H groups in total. The van der Waals surface area contributed by atoms with Crippen LogP contribution in [-0.4, -0.2) is 26.0 Å². The number of imide groups is 1. The third-order valence-corrected chi connectivity index (χ3v) is 4.92. The first-order valence-corrected chi connectivity index (χ1v) is 9.56. The number of nitrogens with zero attached hydrogens (tertiary/aromatic N) is 1. The van der Waals surface area contributed by atoms with Crippen molar-refractivity contribution in [3.8, 4) is 11.5 Å². The molecule has 0 fully saturated rings. The summed E-state index contributed by atoms with van der Waals surface area (Å²) in [5, 5.41) is 2.98. The molecule has 1 aliphatic rings. The molecule has 32 heavy (non-hydrogen) atoms. The van der Waals surface area contributed by atoms with E-state index in [4.69, 9.17) is 9.47 Å². The van der Waals surface area contributed by atoms with Gasteiger partial charge in [-0.1, -0.05) is 12.1 Å². The van der Waals surface area contributed by atoms with Crippen LogP contribution >= 0.6 is 0 Å². The van der Waals surface area contributed by atoms with Crippen molar-refractivity contribution in [1.82, 2.24) is 0 Å². The molecule has 1 heterocycles. The van der Waals surface area contributed by atoms with E-state index >= 15 is 0 Å². The second-order valence-corrected chi connectivity index (χ2v) is 6.91. The number of ether oxygens (including phenoxy) is 2. The summed E-state index contributed by atoms with van der Waals surface area (Å²) < 4.78 is 37.4. The molecule has 8 heteroatoms. The first-order chi connectivity index (χ1) is 15.4. The lowest BCUT2D eigenvalue weighted by molar-refractivity contribution is -0.120. The molecule has 0 atom stereocenters. The van der Waals surface area contributed by atoms with Crippen LogP contribution in [0.3, 0.4) is 0 Å². The Morgan fingerprint density at radius 3 is 1.81 bits per heavy atom. The Balaban J connectivity index is 1.82. The van der Waals surface area contributed by atoms with Crippen LogP contribution in [0.2, 0.25) is 0 Å². The number of carbonyl (C=O) groups excluding carboxylic acids is 2. The zero-order valence-corrected chi connectivity index (χ0v) is 17.2. The molecule has 0 unspecified atom stereocenters. The fourth-order valence-corrected chi connectivity index (χ4v) is 3.38. The molecule has 0 aliphatic carbocycles. The summed E-state index contributed by atoms with van der Waals surface area (Å²) in [5.41, 5.74) is 1.05. The van der Waals surface area contributed by atoms with E-state index in [2.05, 4.69) is 5.32 Å². The van der Waals surface area contributed by atoms with Gasteiger partial charge in [0.15, 0.2) is 0 Å². The van der Waals surface area contributed by atoms with Crippen LogP contribution in [0, 0.1) is 11.6 Å². The van der Waals surface area contributed by atoms with Crippen LogP contribution in [0.5, 0.6) is 11.5 Å². The summed E-state index contributed by atoms with van der Waals surface area (Å²) in [6, 6.07) is 15.2. The SMILES string of the molecule is COc1cc(NC2=C(c3ccc(F)cc3)C(=O)N(c3ccc(F)cc3)C2=O)cc(OC)c1. The number of halogens is 2. The van der Waals surface area contributed by atoms with Crippen LogP contribution in [0.15, 0.2) is 72.4 Å². The average molecular weight is 436 g/mol. The number of methoxy groups -OCH3 is 2. The molecular weight excluding hydrogens is 418 g/mol. The maximum Gasteiger partial charge on any atom is 0.282 e. The lowest BCUT2D eigenvalue weighted by Crippen LogP contribution is -2.32. The lowest BCUT2D eigenvalue weighted by atomic mass is 10.0. The van der Waals surface area contributed by atoms with Crippen LogP contribution in [0.1, 0.15) is 5.56 Å². The summed E-state index contributed by atoms with van der Waals surface area (Å²) in [5.74, 6) is -1.28. The number of hydrogen-bond donors (Lipinski definition) is 1. The Morgan fingerprint density at radius 1 is 0.750 bits per heavy atom. The highest BCUT2D eigenvalue weighted by Gasteiger charge is 2.40. The van der Waals surface area contributed by atoms with E-state index in [1.165, 1.54) is 50.6 Å². The van der Waals surface area contributed by atoms with Gasteiger partial charge in [-0.3, -0.25) is 9.59 Å². The minimum Gasteiger partial charge on any atom is -0.497 e.